The SMILES string of the molecule is COc1ccc(NC(=O)CCn2cnc3c([nH]c4ccccc43)c2=O)cc1OC. The lowest BCUT2D eigenvalue weighted by molar-refractivity contribution is -0.116. The number of amides is 1. The van der Waals surface area contributed by atoms with Crippen LogP contribution in [0.25, 0.3) is 21.9 Å². The fourth-order valence-corrected chi connectivity index (χ4v) is 3.26. The number of aromatic amines is 1. The quantitative estimate of drug-likeness (QED) is 0.526. The number of nitrogens with one attached hydrogen (secondary N) is 2. The third-order valence-electron chi connectivity index (χ3n) is 4.73. The number of aryl methyl sites for hydroxylation is 1. The van der Waals surface area contributed by atoms with Crippen molar-refractivity contribution in [2.75, 3.05) is 19.5 Å². The van der Waals surface area contributed by atoms with Crippen molar-refractivity contribution in [3.05, 3.63) is 59.1 Å². The molecule has 8 nitrogen and oxygen atoms in total. The second-order valence-corrected chi connectivity index (χ2v) is 6.51. The zero-order valence-corrected chi connectivity index (χ0v) is 16.1. The number of hydrogen-bond donors (Lipinski definition) is 2. The van der Waals surface area contributed by atoms with Crippen LogP contribution < -0.4 is 20.3 Å². The van der Waals surface area contributed by atoms with E-state index in [-0.39, 0.29) is 24.4 Å². The molecule has 0 bridgehead atoms. The highest BCUT2D eigenvalue weighted by Crippen LogP contribution is 2.29. The normalized spacial score (nSPS) is 11.0. The van der Waals surface area contributed by atoms with Crippen molar-refractivity contribution in [2.45, 2.75) is 13.0 Å². The zero-order valence-electron chi connectivity index (χ0n) is 16.1. The van der Waals surface area contributed by atoms with Crippen molar-refractivity contribution < 1.29 is 14.3 Å². The molecule has 0 saturated heterocycles. The van der Waals surface area contributed by atoms with Crippen LogP contribution in [0.1, 0.15) is 6.42 Å². The van der Waals surface area contributed by atoms with Gasteiger partial charge in [-0.3, -0.25) is 14.2 Å². The van der Waals surface area contributed by atoms with Gasteiger partial charge in [0.2, 0.25) is 5.91 Å². The molecule has 0 fully saturated rings. The Kier molecular flexibility index (Phi) is 4.90. The van der Waals surface area contributed by atoms with Crippen molar-refractivity contribution in [1.29, 1.82) is 0 Å². The molecule has 0 unspecified atom stereocenters. The predicted molar refractivity (Wildman–Crippen MR) is 111 cm³/mol. The summed E-state index contributed by atoms with van der Waals surface area (Å²) in [6.07, 6.45) is 1.61. The first-order valence-electron chi connectivity index (χ1n) is 9.08. The van der Waals surface area contributed by atoms with E-state index in [1.54, 1.807) is 25.3 Å². The molecule has 0 atom stereocenters. The maximum Gasteiger partial charge on any atom is 0.277 e. The summed E-state index contributed by atoms with van der Waals surface area (Å²) in [5, 5.41) is 3.70. The number of methoxy groups -OCH3 is 2. The van der Waals surface area contributed by atoms with Crippen LogP contribution in [-0.2, 0) is 11.3 Å². The monoisotopic (exact) mass is 392 g/mol. The summed E-state index contributed by atoms with van der Waals surface area (Å²) in [7, 11) is 3.08. The predicted octanol–water partition coefficient (Wildman–Crippen LogP) is 2.92. The molecule has 2 N–H and O–H groups in total. The Labute approximate surface area is 166 Å². The van der Waals surface area contributed by atoms with E-state index < -0.39 is 0 Å². The van der Waals surface area contributed by atoms with Gasteiger partial charge in [0.25, 0.3) is 5.56 Å². The summed E-state index contributed by atoms with van der Waals surface area (Å²) < 4.78 is 11.9. The van der Waals surface area contributed by atoms with Crippen LogP contribution in [0.4, 0.5) is 5.69 Å². The van der Waals surface area contributed by atoms with Crippen LogP contribution in [0.3, 0.4) is 0 Å². The van der Waals surface area contributed by atoms with Gasteiger partial charge in [-0.1, -0.05) is 18.2 Å². The van der Waals surface area contributed by atoms with Crippen molar-refractivity contribution in [3.63, 3.8) is 0 Å². The number of rotatable bonds is 6. The van der Waals surface area contributed by atoms with Crippen LogP contribution in [-0.4, -0.2) is 34.7 Å². The lowest BCUT2D eigenvalue weighted by Crippen LogP contribution is -2.23. The fraction of sp³-hybridized carbons (Fsp3) is 0.190. The summed E-state index contributed by atoms with van der Waals surface area (Å²) in [5.74, 6) is 0.880. The molecule has 0 aliphatic carbocycles. The first-order valence-corrected chi connectivity index (χ1v) is 9.08. The molecule has 29 heavy (non-hydrogen) atoms. The van der Waals surface area contributed by atoms with Crippen LogP contribution in [0, 0.1) is 0 Å². The topological polar surface area (TPSA) is 98.2 Å². The second-order valence-electron chi connectivity index (χ2n) is 6.51. The van der Waals surface area contributed by atoms with Crippen LogP contribution in [0.5, 0.6) is 11.5 Å². The van der Waals surface area contributed by atoms with E-state index in [9.17, 15) is 9.59 Å². The van der Waals surface area contributed by atoms with Crippen LogP contribution in [0.15, 0.2) is 53.6 Å². The Morgan fingerprint density at radius 3 is 2.72 bits per heavy atom. The third-order valence-corrected chi connectivity index (χ3v) is 4.73. The van der Waals surface area contributed by atoms with E-state index in [4.69, 9.17) is 9.47 Å². The number of aromatic nitrogens is 3. The summed E-state index contributed by atoms with van der Waals surface area (Å²) in [4.78, 5) is 32.6. The number of carbonyl (C=O) groups is 1. The Morgan fingerprint density at radius 1 is 1.14 bits per heavy atom. The molecule has 8 heteroatoms. The van der Waals surface area contributed by atoms with E-state index >= 15 is 0 Å². The zero-order chi connectivity index (χ0) is 20.4. The minimum Gasteiger partial charge on any atom is -0.493 e. The minimum absolute atomic E-state index is 0.127. The van der Waals surface area contributed by atoms with E-state index in [0.29, 0.717) is 28.2 Å². The summed E-state index contributed by atoms with van der Waals surface area (Å²) >= 11 is 0. The van der Waals surface area contributed by atoms with Crippen molar-refractivity contribution in [1.82, 2.24) is 14.5 Å². The lowest BCUT2D eigenvalue weighted by Gasteiger charge is -2.11. The molecule has 1 amide bonds. The summed E-state index contributed by atoms with van der Waals surface area (Å²) in [6.45, 7) is 0.219. The van der Waals surface area contributed by atoms with E-state index in [1.165, 1.54) is 18.0 Å². The number of H-pyrrole nitrogens is 1. The fourth-order valence-electron chi connectivity index (χ4n) is 3.26. The lowest BCUT2D eigenvalue weighted by atomic mass is 10.2. The number of benzene rings is 2. The Hall–Kier alpha value is -3.81. The molecule has 4 rings (SSSR count). The summed E-state index contributed by atoms with van der Waals surface area (Å²) in [5.41, 5.74) is 2.32. The Morgan fingerprint density at radius 2 is 1.93 bits per heavy atom. The van der Waals surface area contributed by atoms with Gasteiger partial charge in [0.15, 0.2) is 11.5 Å². The maximum absolute atomic E-state index is 12.8. The highest BCUT2D eigenvalue weighted by atomic mass is 16.5. The van der Waals surface area contributed by atoms with Gasteiger partial charge in [0, 0.05) is 35.6 Å². The van der Waals surface area contributed by atoms with Gasteiger partial charge in [0.1, 0.15) is 11.0 Å². The number of fused-ring (bicyclic) bond motifs is 3. The van der Waals surface area contributed by atoms with Gasteiger partial charge >= 0.3 is 0 Å². The molecule has 2 aromatic carbocycles. The molecule has 2 aromatic heterocycles. The van der Waals surface area contributed by atoms with Gasteiger partial charge in [-0.25, -0.2) is 4.98 Å². The molecule has 0 saturated carbocycles. The molecule has 0 spiro atoms. The van der Waals surface area contributed by atoms with Crippen LogP contribution >= 0.6 is 0 Å². The molecule has 0 aliphatic heterocycles. The number of hydrogen-bond acceptors (Lipinski definition) is 5. The Balaban J connectivity index is 1.49. The molecular weight excluding hydrogens is 372 g/mol. The first-order chi connectivity index (χ1) is 14.1. The number of para-hydroxylation sites is 1. The molecule has 2 heterocycles. The molecule has 0 radical (unpaired) electrons. The highest BCUT2D eigenvalue weighted by Gasteiger charge is 2.12. The smallest absolute Gasteiger partial charge is 0.277 e. The van der Waals surface area contributed by atoms with Gasteiger partial charge in [-0.2, -0.15) is 0 Å². The second kappa shape index (κ2) is 7.67. The van der Waals surface area contributed by atoms with Gasteiger partial charge in [-0.15, -0.1) is 0 Å². The molecule has 4 aromatic rings. The highest BCUT2D eigenvalue weighted by molar-refractivity contribution is 6.04. The van der Waals surface area contributed by atoms with E-state index in [0.717, 1.165) is 10.9 Å². The Bertz CT molecular complexity index is 1260. The van der Waals surface area contributed by atoms with E-state index in [2.05, 4.69) is 15.3 Å². The first kappa shape index (κ1) is 18.5. The van der Waals surface area contributed by atoms with Crippen molar-refractivity contribution in [3.8, 4) is 11.5 Å². The van der Waals surface area contributed by atoms with E-state index in [1.807, 2.05) is 24.3 Å². The third kappa shape index (κ3) is 3.52. The maximum atomic E-state index is 12.8. The number of anilines is 1. The van der Waals surface area contributed by atoms with Gasteiger partial charge in [0.05, 0.1) is 20.5 Å². The molecule has 0 aliphatic rings. The van der Waals surface area contributed by atoms with Crippen molar-refractivity contribution in [2.24, 2.45) is 0 Å². The molecule has 148 valence electrons. The van der Waals surface area contributed by atoms with Crippen LogP contribution in [0.2, 0.25) is 0 Å². The average Bonchev–Trinajstić information content (AvgIpc) is 3.13. The molecular formula is C21H20N4O4. The largest absolute Gasteiger partial charge is 0.493 e. The van der Waals surface area contributed by atoms with Gasteiger partial charge < -0.3 is 19.8 Å². The summed E-state index contributed by atoms with van der Waals surface area (Å²) in [6, 6.07) is 12.7. The van der Waals surface area contributed by atoms with Gasteiger partial charge in [-0.05, 0) is 18.2 Å². The number of nitrogens with zero attached hydrogens (tertiary/aromatic N) is 2. The average molecular weight is 392 g/mol. The minimum atomic E-state index is -0.221. The number of ether oxygens (including phenoxy) is 2. The number of carbonyl (C=O) groups excluding carboxylic acids is 1. The standard InChI is InChI=1S/C21H20N4O4/c1-28-16-8-7-13(11-17(16)29-2)23-18(26)9-10-25-12-22-19-14-5-3-4-6-15(14)24-20(19)21(25)27/h3-8,11-12,24H,9-10H2,1-2H3,(H,23,26). The van der Waals surface area contributed by atoms with Crippen molar-refractivity contribution >= 4 is 33.5 Å².